The summed E-state index contributed by atoms with van der Waals surface area (Å²) in [5, 5.41) is 7.78. The van der Waals surface area contributed by atoms with E-state index in [1.807, 2.05) is 13.8 Å². The van der Waals surface area contributed by atoms with Gasteiger partial charge in [-0.2, -0.15) is 13.2 Å². The Kier molecular flexibility index (Phi) is 13.2. The molecule has 1 rings (SSSR count). The van der Waals surface area contributed by atoms with Crippen LogP contribution in [0.2, 0.25) is 0 Å². The van der Waals surface area contributed by atoms with Gasteiger partial charge >= 0.3 is 6.18 Å². The smallest absolute Gasteiger partial charge is 0.378 e. The predicted molar refractivity (Wildman–Crippen MR) is 115 cm³/mol. The first-order chi connectivity index (χ1) is 12.3. The highest BCUT2D eigenvalue weighted by molar-refractivity contribution is 14.0. The van der Waals surface area contributed by atoms with Gasteiger partial charge in [0.25, 0.3) is 0 Å². The van der Waals surface area contributed by atoms with E-state index in [0.717, 1.165) is 23.1 Å². The molecule has 1 aromatic heterocycles. The van der Waals surface area contributed by atoms with Gasteiger partial charge in [-0.1, -0.05) is 13.8 Å². The molecule has 0 spiro atoms. The quantitative estimate of drug-likeness (QED) is 0.273. The van der Waals surface area contributed by atoms with Crippen molar-refractivity contribution in [3.05, 3.63) is 16.1 Å². The number of alkyl halides is 3. The minimum absolute atomic E-state index is 0. The van der Waals surface area contributed by atoms with Gasteiger partial charge in [-0.25, -0.2) is 4.98 Å². The maximum absolute atomic E-state index is 12.6. The number of nitrogens with one attached hydrogen (secondary N) is 2. The lowest BCUT2D eigenvalue weighted by Gasteiger charge is -2.20. The summed E-state index contributed by atoms with van der Waals surface area (Å²) in [4.78, 5) is 8.14. The number of hydrogen-bond donors (Lipinski definition) is 2. The fraction of sp³-hybridized carbons (Fsp3) is 0.765. The Hall–Kier alpha value is -0.620. The van der Waals surface area contributed by atoms with Crippen molar-refractivity contribution in [1.82, 2.24) is 15.6 Å². The molecular weight excluding hydrogens is 492 g/mol. The number of ether oxygens (including phenoxy) is 1. The van der Waals surface area contributed by atoms with Gasteiger partial charge < -0.3 is 15.4 Å². The molecule has 0 fully saturated rings. The number of halogens is 4. The lowest BCUT2D eigenvalue weighted by atomic mass is 10.0. The van der Waals surface area contributed by atoms with E-state index in [1.165, 1.54) is 0 Å². The van der Waals surface area contributed by atoms with Crippen LogP contribution >= 0.6 is 35.3 Å². The molecule has 0 aromatic carbocycles. The first-order valence-corrected chi connectivity index (χ1v) is 9.81. The van der Waals surface area contributed by atoms with Crippen molar-refractivity contribution < 1.29 is 17.9 Å². The average Bonchev–Trinajstić information content (AvgIpc) is 3.03. The van der Waals surface area contributed by atoms with Crippen molar-refractivity contribution in [2.24, 2.45) is 10.9 Å². The molecule has 0 saturated heterocycles. The summed E-state index contributed by atoms with van der Waals surface area (Å²) in [6, 6.07) is 0. The van der Waals surface area contributed by atoms with Crippen molar-refractivity contribution in [1.29, 1.82) is 0 Å². The molecule has 1 aromatic rings. The minimum atomic E-state index is -4.38. The molecule has 1 atom stereocenters. The molecule has 158 valence electrons. The van der Waals surface area contributed by atoms with E-state index in [-0.39, 0.29) is 30.1 Å². The molecule has 1 heterocycles. The van der Waals surface area contributed by atoms with Gasteiger partial charge in [0.05, 0.1) is 11.1 Å². The summed E-state index contributed by atoms with van der Waals surface area (Å²) in [5.74, 6) is 1.08. The van der Waals surface area contributed by atoms with E-state index in [1.54, 1.807) is 0 Å². The Balaban J connectivity index is 0.00000676. The van der Waals surface area contributed by atoms with Gasteiger partial charge in [-0.05, 0) is 26.2 Å². The monoisotopic (exact) mass is 522 g/mol. The summed E-state index contributed by atoms with van der Waals surface area (Å²) in [5.41, 5.74) is -0.825. The zero-order valence-corrected chi connectivity index (χ0v) is 19.4. The molecule has 0 aliphatic rings. The van der Waals surface area contributed by atoms with Crippen molar-refractivity contribution in [2.45, 2.75) is 52.8 Å². The summed E-state index contributed by atoms with van der Waals surface area (Å²) in [6.07, 6.45) is -2.98. The molecule has 0 bridgehead atoms. The largest absolute Gasteiger partial charge is 0.434 e. The molecule has 2 N–H and O–H groups in total. The van der Waals surface area contributed by atoms with E-state index in [2.05, 4.69) is 34.5 Å². The van der Waals surface area contributed by atoms with Crippen LogP contribution < -0.4 is 10.6 Å². The van der Waals surface area contributed by atoms with Crippen LogP contribution in [-0.2, 0) is 17.3 Å². The van der Waals surface area contributed by atoms with Crippen LogP contribution in [0.25, 0.3) is 0 Å². The zero-order chi connectivity index (χ0) is 19.6. The number of guanidine groups is 1. The maximum Gasteiger partial charge on any atom is 0.434 e. The Labute approximate surface area is 180 Å². The van der Waals surface area contributed by atoms with Crippen LogP contribution in [0.3, 0.4) is 0 Å². The van der Waals surface area contributed by atoms with Crippen LogP contribution in [0, 0.1) is 5.92 Å². The van der Waals surface area contributed by atoms with Crippen molar-refractivity contribution in [3.8, 4) is 0 Å². The van der Waals surface area contributed by atoms with Crippen LogP contribution in [0.1, 0.15) is 44.8 Å². The molecular formula is C17H30F3IN4OS. The predicted octanol–water partition coefficient (Wildman–Crippen LogP) is 4.33. The van der Waals surface area contributed by atoms with Gasteiger partial charge in [0, 0.05) is 38.0 Å². The zero-order valence-electron chi connectivity index (χ0n) is 16.2. The van der Waals surface area contributed by atoms with Crippen LogP contribution in [0.4, 0.5) is 13.2 Å². The molecule has 27 heavy (non-hydrogen) atoms. The third kappa shape index (κ3) is 10.5. The van der Waals surface area contributed by atoms with Crippen molar-refractivity contribution in [3.63, 3.8) is 0 Å². The van der Waals surface area contributed by atoms with Crippen LogP contribution in [0.5, 0.6) is 0 Å². The van der Waals surface area contributed by atoms with E-state index >= 15 is 0 Å². The number of thiazole rings is 1. The Morgan fingerprint density at radius 1 is 1.30 bits per heavy atom. The number of aliphatic imine (C=N–C) groups is 1. The van der Waals surface area contributed by atoms with E-state index in [9.17, 15) is 13.2 Å². The molecule has 0 aliphatic carbocycles. The van der Waals surface area contributed by atoms with Gasteiger partial charge in [0.1, 0.15) is 0 Å². The number of hydrogen-bond acceptors (Lipinski definition) is 4. The third-order valence-electron chi connectivity index (χ3n) is 3.63. The minimum Gasteiger partial charge on any atom is -0.378 e. The van der Waals surface area contributed by atoms with Gasteiger partial charge in [-0.3, -0.25) is 4.99 Å². The Morgan fingerprint density at radius 2 is 2.00 bits per heavy atom. The fourth-order valence-electron chi connectivity index (χ4n) is 2.31. The first-order valence-electron chi connectivity index (χ1n) is 8.93. The van der Waals surface area contributed by atoms with Gasteiger partial charge in [0.15, 0.2) is 11.7 Å². The lowest BCUT2D eigenvalue weighted by molar-refractivity contribution is -0.140. The molecule has 0 radical (unpaired) electrons. The second-order valence-electron chi connectivity index (χ2n) is 6.09. The summed E-state index contributed by atoms with van der Waals surface area (Å²) in [6.45, 7) is 10.7. The molecule has 0 amide bonds. The van der Waals surface area contributed by atoms with Gasteiger partial charge in [-0.15, -0.1) is 35.3 Å². The summed E-state index contributed by atoms with van der Waals surface area (Å²) < 4.78 is 43.4. The highest BCUT2D eigenvalue weighted by Crippen LogP contribution is 2.29. The highest BCUT2D eigenvalue weighted by atomic mass is 127. The second-order valence-corrected chi connectivity index (χ2v) is 7.03. The normalized spacial score (nSPS) is 13.4. The SMILES string of the molecule is CCNC(=NCCC(OCC)C(C)C)NCCc1nc(C(F)(F)F)cs1.I. The average molecular weight is 522 g/mol. The Bertz CT molecular complexity index is 553. The van der Waals surface area contributed by atoms with Gasteiger partial charge in [0.2, 0.25) is 0 Å². The summed E-state index contributed by atoms with van der Waals surface area (Å²) in [7, 11) is 0. The first kappa shape index (κ1) is 26.4. The van der Waals surface area contributed by atoms with E-state index in [4.69, 9.17) is 4.74 Å². The topological polar surface area (TPSA) is 58.5 Å². The maximum atomic E-state index is 12.6. The standard InChI is InChI=1S/C17H29F3N4OS.HI/c1-5-21-16(22-9-7-13(12(3)4)25-6-2)23-10-8-15-24-14(11-26-15)17(18,19)20;/h11-13H,5-10H2,1-4H3,(H2,21,22,23);1H. The fourth-order valence-corrected chi connectivity index (χ4v) is 3.12. The molecule has 0 saturated carbocycles. The summed E-state index contributed by atoms with van der Waals surface area (Å²) >= 11 is 1.02. The Morgan fingerprint density at radius 3 is 2.52 bits per heavy atom. The molecule has 5 nitrogen and oxygen atoms in total. The lowest BCUT2D eigenvalue weighted by Crippen LogP contribution is -2.38. The van der Waals surface area contributed by atoms with Crippen molar-refractivity contribution >= 4 is 41.3 Å². The molecule has 10 heteroatoms. The third-order valence-corrected chi connectivity index (χ3v) is 4.53. The van der Waals surface area contributed by atoms with Crippen molar-refractivity contribution in [2.75, 3.05) is 26.2 Å². The number of nitrogens with zero attached hydrogens (tertiary/aromatic N) is 2. The van der Waals surface area contributed by atoms with E-state index < -0.39 is 11.9 Å². The number of rotatable bonds is 10. The molecule has 1 unspecified atom stereocenters. The van der Waals surface area contributed by atoms with Crippen LogP contribution in [-0.4, -0.2) is 43.3 Å². The van der Waals surface area contributed by atoms with Crippen LogP contribution in [0.15, 0.2) is 10.4 Å². The van der Waals surface area contributed by atoms with E-state index in [0.29, 0.717) is 49.5 Å². The second kappa shape index (κ2) is 13.5. The number of aromatic nitrogens is 1. The highest BCUT2D eigenvalue weighted by Gasteiger charge is 2.33. The molecule has 0 aliphatic heterocycles.